The van der Waals surface area contributed by atoms with Crippen molar-refractivity contribution >= 4 is 21.7 Å². The highest BCUT2D eigenvalue weighted by atomic mass is 79.9. The second-order valence-corrected chi connectivity index (χ2v) is 5.86. The predicted octanol–water partition coefficient (Wildman–Crippen LogP) is 4.27. The van der Waals surface area contributed by atoms with Crippen LogP contribution >= 0.6 is 15.9 Å². The summed E-state index contributed by atoms with van der Waals surface area (Å²) in [5, 5.41) is 0. The number of anilines is 1. The summed E-state index contributed by atoms with van der Waals surface area (Å²) in [5.74, 6) is 2.59. The van der Waals surface area contributed by atoms with Gasteiger partial charge in [0.1, 0.15) is 23.1 Å². The van der Waals surface area contributed by atoms with Gasteiger partial charge in [-0.25, -0.2) is 4.98 Å². The van der Waals surface area contributed by atoms with Crippen LogP contribution in [0.1, 0.15) is 32.5 Å². The Labute approximate surface area is 134 Å². The number of imidazole rings is 1. The van der Waals surface area contributed by atoms with Crippen LogP contribution in [-0.2, 0) is 13.0 Å². The number of methoxy groups -OCH3 is 1. The van der Waals surface area contributed by atoms with E-state index in [-0.39, 0.29) is 0 Å². The summed E-state index contributed by atoms with van der Waals surface area (Å²) < 4.78 is 8.41. The predicted molar refractivity (Wildman–Crippen MR) is 90.6 cm³/mol. The zero-order chi connectivity index (χ0) is 15.4. The number of rotatable bonds is 6. The van der Waals surface area contributed by atoms with Gasteiger partial charge in [-0.05, 0) is 31.0 Å². The fourth-order valence-corrected chi connectivity index (χ4v) is 2.85. The standard InChI is InChI=1S/C16H22BrN3O/c1-4-6-14-19-15(16(18)20(14)9-5-2)12-10-11(21-3)7-8-13(12)17/h7-8,10H,4-6,9,18H2,1-3H3. The Morgan fingerprint density at radius 1 is 1.29 bits per heavy atom. The molecule has 0 bridgehead atoms. The van der Waals surface area contributed by atoms with Gasteiger partial charge in [-0.3, -0.25) is 0 Å². The lowest BCUT2D eigenvalue weighted by atomic mass is 10.1. The molecule has 0 saturated carbocycles. The number of aryl methyl sites for hydroxylation is 1. The molecule has 0 aliphatic heterocycles. The van der Waals surface area contributed by atoms with E-state index in [0.29, 0.717) is 0 Å². The van der Waals surface area contributed by atoms with E-state index < -0.39 is 0 Å². The van der Waals surface area contributed by atoms with Gasteiger partial charge in [0.05, 0.1) is 7.11 Å². The van der Waals surface area contributed by atoms with Gasteiger partial charge in [-0.1, -0.05) is 29.8 Å². The molecule has 4 nitrogen and oxygen atoms in total. The molecule has 0 aliphatic carbocycles. The van der Waals surface area contributed by atoms with Gasteiger partial charge in [-0.15, -0.1) is 0 Å². The van der Waals surface area contributed by atoms with Crippen molar-refractivity contribution in [3.63, 3.8) is 0 Å². The van der Waals surface area contributed by atoms with Gasteiger partial charge in [0.2, 0.25) is 0 Å². The molecule has 1 heterocycles. The smallest absolute Gasteiger partial charge is 0.131 e. The summed E-state index contributed by atoms with van der Waals surface area (Å²) in [6.45, 7) is 5.20. The molecule has 0 atom stereocenters. The van der Waals surface area contributed by atoms with Crippen LogP contribution in [-0.4, -0.2) is 16.7 Å². The van der Waals surface area contributed by atoms with Crippen LogP contribution in [0.25, 0.3) is 11.3 Å². The molecule has 114 valence electrons. The monoisotopic (exact) mass is 351 g/mol. The van der Waals surface area contributed by atoms with Gasteiger partial charge >= 0.3 is 0 Å². The van der Waals surface area contributed by atoms with E-state index in [1.165, 1.54) is 0 Å². The molecule has 2 N–H and O–H groups in total. The number of aromatic nitrogens is 2. The minimum Gasteiger partial charge on any atom is -0.497 e. The molecular weight excluding hydrogens is 330 g/mol. The molecule has 1 aromatic carbocycles. The van der Waals surface area contributed by atoms with Crippen molar-refractivity contribution in [1.29, 1.82) is 0 Å². The molecule has 2 rings (SSSR count). The number of hydrogen-bond acceptors (Lipinski definition) is 3. The van der Waals surface area contributed by atoms with Gasteiger partial charge < -0.3 is 15.0 Å². The number of nitrogens with two attached hydrogens (primary N) is 1. The van der Waals surface area contributed by atoms with E-state index >= 15 is 0 Å². The summed E-state index contributed by atoms with van der Waals surface area (Å²) in [6, 6.07) is 5.85. The fraction of sp³-hybridized carbons (Fsp3) is 0.438. The quantitative estimate of drug-likeness (QED) is 0.845. The molecule has 0 amide bonds. The Balaban J connectivity index is 2.55. The van der Waals surface area contributed by atoms with E-state index in [0.717, 1.165) is 58.9 Å². The van der Waals surface area contributed by atoms with Crippen molar-refractivity contribution in [1.82, 2.24) is 9.55 Å². The molecule has 0 spiro atoms. The number of ether oxygens (including phenoxy) is 1. The zero-order valence-electron chi connectivity index (χ0n) is 12.8. The Bertz CT molecular complexity index is 622. The molecule has 0 fully saturated rings. The lowest BCUT2D eigenvalue weighted by Gasteiger charge is -2.08. The highest BCUT2D eigenvalue weighted by Crippen LogP contribution is 2.35. The first-order valence-electron chi connectivity index (χ1n) is 7.31. The van der Waals surface area contributed by atoms with E-state index in [1.807, 2.05) is 18.2 Å². The number of halogens is 1. The lowest BCUT2D eigenvalue weighted by molar-refractivity contribution is 0.415. The normalized spacial score (nSPS) is 10.9. The SMILES string of the molecule is CCCc1nc(-c2cc(OC)ccc2Br)c(N)n1CCC. The van der Waals surface area contributed by atoms with Crippen LogP contribution < -0.4 is 10.5 Å². The van der Waals surface area contributed by atoms with E-state index in [2.05, 4.69) is 34.3 Å². The summed E-state index contributed by atoms with van der Waals surface area (Å²) >= 11 is 3.58. The number of benzene rings is 1. The third kappa shape index (κ3) is 3.23. The maximum atomic E-state index is 6.35. The minimum atomic E-state index is 0.731. The van der Waals surface area contributed by atoms with Crippen molar-refractivity contribution in [2.75, 3.05) is 12.8 Å². The van der Waals surface area contributed by atoms with E-state index in [9.17, 15) is 0 Å². The van der Waals surface area contributed by atoms with Gasteiger partial charge in [0.25, 0.3) is 0 Å². The van der Waals surface area contributed by atoms with Crippen LogP contribution in [0.5, 0.6) is 5.75 Å². The maximum absolute atomic E-state index is 6.35. The molecule has 5 heteroatoms. The summed E-state index contributed by atoms with van der Waals surface area (Å²) in [4.78, 5) is 4.78. The molecular formula is C16H22BrN3O. The first-order chi connectivity index (χ1) is 10.1. The average molecular weight is 352 g/mol. The van der Waals surface area contributed by atoms with Crippen LogP contribution in [0, 0.1) is 0 Å². The van der Waals surface area contributed by atoms with Crippen LogP contribution in [0.2, 0.25) is 0 Å². The van der Waals surface area contributed by atoms with Crippen LogP contribution in [0.3, 0.4) is 0 Å². The van der Waals surface area contributed by atoms with Crippen molar-refractivity contribution in [3.05, 3.63) is 28.5 Å². The van der Waals surface area contributed by atoms with Crippen molar-refractivity contribution in [2.24, 2.45) is 0 Å². The highest BCUT2D eigenvalue weighted by molar-refractivity contribution is 9.10. The largest absolute Gasteiger partial charge is 0.497 e. The van der Waals surface area contributed by atoms with Crippen molar-refractivity contribution in [2.45, 2.75) is 39.7 Å². The van der Waals surface area contributed by atoms with Gasteiger partial charge in [0.15, 0.2) is 0 Å². The summed E-state index contributed by atoms with van der Waals surface area (Å²) in [6.07, 6.45) is 3.03. The van der Waals surface area contributed by atoms with Crippen molar-refractivity contribution < 1.29 is 4.74 Å². The average Bonchev–Trinajstić information content (AvgIpc) is 2.78. The number of nitrogens with zero attached hydrogens (tertiary/aromatic N) is 2. The topological polar surface area (TPSA) is 53.1 Å². The molecule has 0 saturated heterocycles. The Morgan fingerprint density at radius 3 is 2.67 bits per heavy atom. The molecule has 21 heavy (non-hydrogen) atoms. The molecule has 0 unspecified atom stereocenters. The Kier molecular flexibility index (Phi) is 5.28. The first kappa shape index (κ1) is 15.9. The molecule has 2 aromatic rings. The zero-order valence-corrected chi connectivity index (χ0v) is 14.4. The van der Waals surface area contributed by atoms with Crippen LogP contribution in [0.15, 0.2) is 22.7 Å². The second kappa shape index (κ2) is 6.98. The summed E-state index contributed by atoms with van der Waals surface area (Å²) in [7, 11) is 1.66. The summed E-state index contributed by atoms with van der Waals surface area (Å²) in [5.41, 5.74) is 8.15. The number of hydrogen-bond donors (Lipinski definition) is 1. The Morgan fingerprint density at radius 2 is 2.05 bits per heavy atom. The third-order valence-corrected chi connectivity index (χ3v) is 4.13. The lowest BCUT2D eigenvalue weighted by Crippen LogP contribution is -2.06. The molecule has 0 aliphatic rings. The van der Waals surface area contributed by atoms with E-state index in [4.69, 9.17) is 15.5 Å². The first-order valence-corrected chi connectivity index (χ1v) is 8.10. The van der Waals surface area contributed by atoms with Gasteiger partial charge in [0, 0.05) is 23.0 Å². The van der Waals surface area contributed by atoms with Crippen molar-refractivity contribution in [3.8, 4) is 17.0 Å². The fourth-order valence-electron chi connectivity index (χ4n) is 2.41. The highest BCUT2D eigenvalue weighted by Gasteiger charge is 2.17. The minimum absolute atomic E-state index is 0.731. The number of nitrogen functional groups attached to an aromatic ring is 1. The van der Waals surface area contributed by atoms with E-state index in [1.54, 1.807) is 7.11 Å². The van der Waals surface area contributed by atoms with Crippen LogP contribution in [0.4, 0.5) is 5.82 Å². The Hall–Kier alpha value is -1.49. The molecule has 0 radical (unpaired) electrons. The second-order valence-electron chi connectivity index (χ2n) is 5.01. The molecule has 1 aromatic heterocycles. The van der Waals surface area contributed by atoms with Gasteiger partial charge in [-0.2, -0.15) is 0 Å². The third-order valence-electron chi connectivity index (χ3n) is 3.44. The maximum Gasteiger partial charge on any atom is 0.131 e.